The number of hydrogen-bond donors (Lipinski definition) is 1. The summed E-state index contributed by atoms with van der Waals surface area (Å²) in [5.74, 6) is 0. The predicted molar refractivity (Wildman–Crippen MR) is 102 cm³/mol. The molecule has 1 atom stereocenters. The van der Waals surface area contributed by atoms with E-state index in [1.807, 2.05) is 35.7 Å². The molecule has 4 rings (SSSR count). The number of anilines is 1. The highest BCUT2D eigenvalue weighted by atomic mass is 32.1. The molecule has 1 N–H and O–H groups in total. The molecule has 0 aliphatic heterocycles. The van der Waals surface area contributed by atoms with Crippen LogP contribution in [0.1, 0.15) is 16.6 Å². The highest BCUT2D eigenvalue weighted by Gasteiger charge is 2.20. The Hall–Kier alpha value is -3.32. The maximum absolute atomic E-state index is 11.3. The van der Waals surface area contributed by atoms with Crippen LogP contribution in [0.2, 0.25) is 0 Å². The number of hydrogen-bond acceptors (Lipinski definition) is 6. The lowest BCUT2D eigenvalue weighted by Crippen LogP contribution is -2.12. The number of nitrogens with zero attached hydrogens (tertiary/aromatic N) is 3. The van der Waals surface area contributed by atoms with E-state index in [1.165, 1.54) is 12.3 Å². The smallest absolute Gasteiger partial charge is 0.278 e. The SMILES string of the molecule is O=[N+]([O-])c1ccc(NC(c2ccccc2)c2nccs2)c2ccncc12. The van der Waals surface area contributed by atoms with Gasteiger partial charge in [-0.3, -0.25) is 15.1 Å². The zero-order valence-electron chi connectivity index (χ0n) is 13.6. The van der Waals surface area contributed by atoms with Crippen molar-refractivity contribution in [2.24, 2.45) is 0 Å². The van der Waals surface area contributed by atoms with Crippen LogP contribution in [-0.4, -0.2) is 14.9 Å². The zero-order valence-corrected chi connectivity index (χ0v) is 14.4. The summed E-state index contributed by atoms with van der Waals surface area (Å²) in [5, 5.41) is 18.9. The molecule has 6 nitrogen and oxygen atoms in total. The molecule has 0 spiro atoms. The van der Waals surface area contributed by atoms with Gasteiger partial charge in [-0.1, -0.05) is 30.3 Å². The average Bonchev–Trinajstić information content (AvgIpc) is 3.21. The quantitative estimate of drug-likeness (QED) is 0.407. The zero-order chi connectivity index (χ0) is 17.9. The molecular formula is C19H14N4O2S. The molecule has 7 heteroatoms. The second kappa shape index (κ2) is 6.89. The molecule has 26 heavy (non-hydrogen) atoms. The summed E-state index contributed by atoms with van der Waals surface area (Å²) < 4.78 is 0. The maximum Gasteiger partial charge on any atom is 0.278 e. The van der Waals surface area contributed by atoms with Gasteiger partial charge in [-0.05, 0) is 17.7 Å². The lowest BCUT2D eigenvalue weighted by atomic mass is 10.0. The molecule has 2 aromatic carbocycles. The van der Waals surface area contributed by atoms with Crippen LogP contribution < -0.4 is 5.32 Å². The van der Waals surface area contributed by atoms with Crippen LogP contribution in [0.25, 0.3) is 10.8 Å². The van der Waals surface area contributed by atoms with Crippen molar-refractivity contribution in [3.63, 3.8) is 0 Å². The standard InChI is InChI=1S/C19H14N4O2S/c24-23(25)17-7-6-16(14-8-9-20-12-15(14)17)22-18(19-21-10-11-26-19)13-4-2-1-3-5-13/h1-12,18,22H. The van der Waals surface area contributed by atoms with E-state index in [0.717, 1.165) is 21.6 Å². The summed E-state index contributed by atoms with van der Waals surface area (Å²) in [7, 11) is 0. The molecular weight excluding hydrogens is 348 g/mol. The van der Waals surface area contributed by atoms with Gasteiger partial charge >= 0.3 is 0 Å². The molecule has 2 aromatic heterocycles. The molecule has 0 aliphatic carbocycles. The second-order valence-corrected chi connectivity index (χ2v) is 6.60. The van der Waals surface area contributed by atoms with E-state index in [9.17, 15) is 10.1 Å². The third kappa shape index (κ3) is 3.00. The number of fused-ring (bicyclic) bond motifs is 1. The first kappa shape index (κ1) is 16.2. The Morgan fingerprint density at radius 3 is 2.62 bits per heavy atom. The van der Waals surface area contributed by atoms with Gasteiger partial charge in [0.05, 0.1) is 10.3 Å². The Kier molecular flexibility index (Phi) is 4.28. The van der Waals surface area contributed by atoms with Gasteiger partial charge in [0.15, 0.2) is 0 Å². The van der Waals surface area contributed by atoms with Gasteiger partial charge in [0.25, 0.3) is 5.69 Å². The number of aromatic nitrogens is 2. The molecule has 128 valence electrons. The summed E-state index contributed by atoms with van der Waals surface area (Å²) in [6.07, 6.45) is 4.94. The lowest BCUT2D eigenvalue weighted by molar-refractivity contribution is -0.383. The summed E-state index contributed by atoms with van der Waals surface area (Å²) in [5.41, 5.74) is 1.92. The molecule has 1 unspecified atom stereocenters. The van der Waals surface area contributed by atoms with Gasteiger partial charge in [-0.25, -0.2) is 4.98 Å². The number of non-ortho nitro benzene ring substituents is 1. The van der Waals surface area contributed by atoms with Gasteiger partial charge in [-0.15, -0.1) is 11.3 Å². The second-order valence-electron chi connectivity index (χ2n) is 5.67. The third-order valence-electron chi connectivity index (χ3n) is 4.12. The molecule has 4 aromatic rings. The van der Waals surface area contributed by atoms with Gasteiger partial charge in [0.2, 0.25) is 0 Å². The minimum absolute atomic E-state index is 0.0455. The van der Waals surface area contributed by atoms with Crippen LogP contribution in [0.15, 0.2) is 72.5 Å². The van der Waals surface area contributed by atoms with Crippen LogP contribution in [0.5, 0.6) is 0 Å². The van der Waals surface area contributed by atoms with Gasteiger partial charge in [-0.2, -0.15) is 0 Å². The Morgan fingerprint density at radius 1 is 1.04 bits per heavy atom. The number of rotatable bonds is 5. The fourth-order valence-corrected chi connectivity index (χ4v) is 3.64. The first-order valence-electron chi connectivity index (χ1n) is 7.96. The molecule has 0 bridgehead atoms. The minimum atomic E-state index is -0.386. The lowest BCUT2D eigenvalue weighted by Gasteiger charge is -2.19. The van der Waals surface area contributed by atoms with Crippen molar-refractivity contribution in [3.05, 3.63) is 93.2 Å². The maximum atomic E-state index is 11.3. The Bertz CT molecular complexity index is 1050. The van der Waals surface area contributed by atoms with E-state index in [-0.39, 0.29) is 16.7 Å². The van der Waals surface area contributed by atoms with Crippen molar-refractivity contribution in [2.75, 3.05) is 5.32 Å². The topological polar surface area (TPSA) is 81.0 Å². The van der Waals surface area contributed by atoms with Crippen LogP contribution >= 0.6 is 11.3 Å². The molecule has 0 fully saturated rings. The number of nitro groups is 1. The summed E-state index contributed by atoms with van der Waals surface area (Å²) in [6.45, 7) is 0. The first-order valence-corrected chi connectivity index (χ1v) is 8.84. The molecule has 0 saturated heterocycles. The van der Waals surface area contributed by atoms with Crippen molar-refractivity contribution in [1.82, 2.24) is 9.97 Å². The van der Waals surface area contributed by atoms with E-state index < -0.39 is 0 Å². The highest BCUT2D eigenvalue weighted by molar-refractivity contribution is 7.09. The number of thiazole rings is 1. The Labute approximate surface area is 153 Å². The van der Waals surface area contributed by atoms with E-state index >= 15 is 0 Å². The van der Waals surface area contributed by atoms with E-state index in [1.54, 1.807) is 35.9 Å². The highest BCUT2D eigenvalue weighted by Crippen LogP contribution is 2.35. The van der Waals surface area contributed by atoms with Gasteiger partial charge in [0.1, 0.15) is 11.0 Å². The Morgan fingerprint density at radius 2 is 1.88 bits per heavy atom. The van der Waals surface area contributed by atoms with E-state index in [0.29, 0.717) is 5.39 Å². The Balaban J connectivity index is 1.82. The minimum Gasteiger partial charge on any atom is -0.372 e. The fraction of sp³-hybridized carbons (Fsp3) is 0.0526. The number of nitrogens with one attached hydrogen (secondary N) is 1. The van der Waals surface area contributed by atoms with Crippen molar-refractivity contribution in [1.29, 1.82) is 0 Å². The summed E-state index contributed by atoms with van der Waals surface area (Å²) in [6, 6.07) is 14.9. The van der Waals surface area contributed by atoms with Crippen molar-refractivity contribution in [2.45, 2.75) is 6.04 Å². The number of nitro benzene ring substituents is 1. The van der Waals surface area contributed by atoms with Crippen LogP contribution in [0.3, 0.4) is 0 Å². The fourth-order valence-electron chi connectivity index (χ4n) is 2.93. The van der Waals surface area contributed by atoms with Crippen molar-refractivity contribution in [3.8, 4) is 0 Å². The normalized spacial score (nSPS) is 12.0. The summed E-state index contributed by atoms with van der Waals surface area (Å²) >= 11 is 1.56. The predicted octanol–water partition coefficient (Wildman–Crippen LogP) is 4.80. The van der Waals surface area contributed by atoms with Crippen molar-refractivity contribution >= 4 is 33.5 Å². The monoisotopic (exact) mass is 362 g/mol. The molecule has 0 saturated carbocycles. The van der Waals surface area contributed by atoms with Crippen LogP contribution in [0.4, 0.5) is 11.4 Å². The van der Waals surface area contributed by atoms with E-state index in [2.05, 4.69) is 15.3 Å². The molecule has 2 heterocycles. The summed E-state index contributed by atoms with van der Waals surface area (Å²) in [4.78, 5) is 19.4. The first-order chi connectivity index (χ1) is 12.7. The average molecular weight is 362 g/mol. The van der Waals surface area contributed by atoms with Crippen molar-refractivity contribution < 1.29 is 4.92 Å². The van der Waals surface area contributed by atoms with Gasteiger partial charge in [0, 0.05) is 41.1 Å². The molecule has 0 radical (unpaired) electrons. The largest absolute Gasteiger partial charge is 0.372 e. The number of pyridine rings is 1. The number of benzene rings is 2. The van der Waals surface area contributed by atoms with Crippen LogP contribution in [0, 0.1) is 10.1 Å². The third-order valence-corrected chi connectivity index (χ3v) is 4.96. The van der Waals surface area contributed by atoms with E-state index in [4.69, 9.17) is 0 Å². The van der Waals surface area contributed by atoms with Gasteiger partial charge < -0.3 is 5.32 Å². The molecule has 0 aliphatic rings. The van der Waals surface area contributed by atoms with Crippen LogP contribution in [-0.2, 0) is 0 Å². The molecule has 0 amide bonds.